The lowest BCUT2D eigenvalue weighted by Gasteiger charge is -2.33. The summed E-state index contributed by atoms with van der Waals surface area (Å²) in [6.07, 6.45) is 0. The standard InChI is InChI=1S/C11H15BrN4O3S/c12-10-2-1-8(13)7-9(10)11(17)15-3-5-16(6-4-15)20(14,18)19/h1-2,7H,3-6,13H2,(H2,14,18,19). The molecule has 1 aromatic rings. The van der Waals surface area contributed by atoms with Crippen molar-refractivity contribution in [2.24, 2.45) is 5.14 Å². The third kappa shape index (κ3) is 3.29. The highest BCUT2D eigenvalue weighted by Crippen LogP contribution is 2.22. The number of carbonyl (C=O) groups excluding carboxylic acids is 1. The molecule has 1 aliphatic heterocycles. The van der Waals surface area contributed by atoms with Crippen molar-refractivity contribution in [3.8, 4) is 0 Å². The maximum atomic E-state index is 12.4. The van der Waals surface area contributed by atoms with Crippen LogP contribution in [-0.2, 0) is 10.2 Å². The van der Waals surface area contributed by atoms with Crippen molar-refractivity contribution in [2.75, 3.05) is 31.9 Å². The molecule has 1 heterocycles. The van der Waals surface area contributed by atoms with Crippen molar-refractivity contribution in [1.82, 2.24) is 9.21 Å². The van der Waals surface area contributed by atoms with Crippen molar-refractivity contribution in [2.45, 2.75) is 0 Å². The van der Waals surface area contributed by atoms with Crippen LogP contribution in [0.3, 0.4) is 0 Å². The van der Waals surface area contributed by atoms with Gasteiger partial charge >= 0.3 is 0 Å². The number of hydrogen-bond donors (Lipinski definition) is 2. The average Bonchev–Trinajstić information content (AvgIpc) is 2.40. The van der Waals surface area contributed by atoms with Crippen LogP contribution in [0, 0.1) is 0 Å². The van der Waals surface area contributed by atoms with Gasteiger partial charge in [0, 0.05) is 36.3 Å². The molecule has 110 valence electrons. The van der Waals surface area contributed by atoms with Gasteiger partial charge in [0.1, 0.15) is 0 Å². The molecule has 0 saturated carbocycles. The topological polar surface area (TPSA) is 110 Å². The molecule has 20 heavy (non-hydrogen) atoms. The Morgan fingerprint density at radius 3 is 2.35 bits per heavy atom. The number of anilines is 1. The number of nitrogen functional groups attached to an aromatic ring is 1. The maximum Gasteiger partial charge on any atom is 0.277 e. The number of halogens is 1. The zero-order valence-electron chi connectivity index (χ0n) is 10.6. The third-order valence-electron chi connectivity index (χ3n) is 3.11. The summed E-state index contributed by atoms with van der Waals surface area (Å²) in [6.45, 7) is 1.00. The summed E-state index contributed by atoms with van der Waals surface area (Å²) in [7, 11) is -3.69. The lowest BCUT2D eigenvalue weighted by molar-refractivity contribution is 0.0697. The summed E-state index contributed by atoms with van der Waals surface area (Å²) in [6, 6.07) is 5.00. The van der Waals surface area contributed by atoms with Crippen LogP contribution in [0.1, 0.15) is 10.4 Å². The summed E-state index contributed by atoms with van der Waals surface area (Å²) in [5.41, 5.74) is 6.64. The third-order valence-corrected chi connectivity index (χ3v) is 4.88. The van der Waals surface area contributed by atoms with Crippen LogP contribution in [0.4, 0.5) is 5.69 Å². The van der Waals surface area contributed by atoms with Gasteiger partial charge in [0.05, 0.1) is 5.56 Å². The maximum absolute atomic E-state index is 12.4. The second-order valence-electron chi connectivity index (χ2n) is 4.48. The largest absolute Gasteiger partial charge is 0.399 e. The highest BCUT2D eigenvalue weighted by atomic mass is 79.9. The molecule has 0 aliphatic carbocycles. The number of amides is 1. The van der Waals surface area contributed by atoms with Crippen LogP contribution < -0.4 is 10.9 Å². The lowest BCUT2D eigenvalue weighted by Crippen LogP contribution is -2.52. The number of nitrogens with two attached hydrogens (primary N) is 2. The Morgan fingerprint density at radius 2 is 1.80 bits per heavy atom. The number of nitrogens with zero attached hydrogens (tertiary/aromatic N) is 2. The first-order valence-electron chi connectivity index (χ1n) is 5.91. The first kappa shape index (κ1) is 15.2. The van der Waals surface area contributed by atoms with Crippen LogP contribution in [-0.4, -0.2) is 49.7 Å². The predicted molar refractivity (Wildman–Crippen MR) is 79.1 cm³/mol. The molecule has 1 amide bonds. The highest BCUT2D eigenvalue weighted by Gasteiger charge is 2.27. The quantitative estimate of drug-likeness (QED) is 0.721. The summed E-state index contributed by atoms with van der Waals surface area (Å²) < 4.78 is 24.2. The minimum Gasteiger partial charge on any atom is -0.399 e. The Bertz CT molecular complexity index is 627. The van der Waals surface area contributed by atoms with Crippen LogP contribution in [0.2, 0.25) is 0 Å². The molecule has 0 atom stereocenters. The van der Waals surface area contributed by atoms with Crippen LogP contribution in [0.5, 0.6) is 0 Å². The smallest absolute Gasteiger partial charge is 0.277 e. The van der Waals surface area contributed by atoms with Gasteiger partial charge in [0.2, 0.25) is 0 Å². The van der Waals surface area contributed by atoms with Gasteiger partial charge in [-0.2, -0.15) is 12.7 Å². The molecule has 4 N–H and O–H groups in total. The van der Waals surface area contributed by atoms with E-state index >= 15 is 0 Å². The summed E-state index contributed by atoms with van der Waals surface area (Å²) >= 11 is 3.31. The van der Waals surface area contributed by atoms with Crippen molar-refractivity contribution in [3.05, 3.63) is 28.2 Å². The number of piperazine rings is 1. The second-order valence-corrected chi connectivity index (χ2v) is 6.88. The van der Waals surface area contributed by atoms with Crippen molar-refractivity contribution < 1.29 is 13.2 Å². The zero-order valence-corrected chi connectivity index (χ0v) is 13.0. The molecule has 0 unspecified atom stereocenters. The summed E-state index contributed by atoms with van der Waals surface area (Å²) in [4.78, 5) is 14.0. The Hall–Kier alpha value is -1.16. The van der Waals surface area contributed by atoms with Gasteiger partial charge < -0.3 is 10.6 Å². The molecule has 0 radical (unpaired) electrons. The van der Waals surface area contributed by atoms with Crippen molar-refractivity contribution in [1.29, 1.82) is 0 Å². The van der Waals surface area contributed by atoms with Crippen LogP contribution in [0.15, 0.2) is 22.7 Å². The van der Waals surface area contributed by atoms with Gasteiger partial charge in [-0.25, -0.2) is 5.14 Å². The van der Waals surface area contributed by atoms with Crippen LogP contribution in [0.25, 0.3) is 0 Å². The monoisotopic (exact) mass is 362 g/mol. The molecule has 1 aliphatic rings. The van der Waals surface area contributed by atoms with Gasteiger partial charge in [0.25, 0.3) is 16.1 Å². The minimum absolute atomic E-state index is 0.182. The molecular weight excluding hydrogens is 348 g/mol. The van der Waals surface area contributed by atoms with Gasteiger partial charge in [-0.3, -0.25) is 4.79 Å². The van der Waals surface area contributed by atoms with Crippen molar-refractivity contribution >= 4 is 37.7 Å². The fourth-order valence-corrected chi connectivity index (χ4v) is 3.11. The lowest BCUT2D eigenvalue weighted by atomic mass is 10.1. The number of hydrogen-bond acceptors (Lipinski definition) is 4. The average molecular weight is 363 g/mol. The Kier molecular flexibility index (Phi) is 4.33. The molecule has 1 aromatic carbocycles. The van der Waals surface area contributed by atoms with E-state index in [1.165, 1.54) is 0 Å². The Balaban J connectivity index is 2.11. The molecular formula is C11H15BrN4O3S. The van der Waals surface area contributed by atoms with Gasteiger partial charge in [0.15, 0.2) is 0 Å². The molecule has 1 fully saturated rings. The Morgan fingerprint density at radius 1 is 1.20 bits per heavy atom. The van der Waals surface area contributed by atoms with Gasteiger partial charge in [-0.1, -0.05) is 0 Å². The van der Waals surface area contributed by atoms with E-state index in [9.17, 15) is 13.2 Å². The van der Waals surface area contributed by atoms with E-state index in [-0.39, 0.29) is 19.0 Å². The highest BCUT2D eigenvalue weighted by molar-refractivity contribution is 9.10. The Labute approximate surface area is 125 Å². The molecule has 0 spiro atoms. The second kappa shape index (κ2) is 5.68. The van der Waals surface area contributed by atoms with E-state index in [2.05, 4.69) is 15.9 Å². The fraction of sp³-hybridized carbons (Fsp3) is 0.364. The molecule has 1 saturated heterocycles. The number of carbonyl (C=O) groups is 1. The van der Waals surface area contributed by atoms with E-state index in [0.29, 0.717) is 28.8 Å². The molecule has 0 aromatic heterocycles. The van der Waals surface area contributed by atoms with E-state index in [1.54, 1.807) is 23.1 Å². The molecule has 9 heteroatoms. The minimum atomic E-state index is -3.69. The predicted octanol–water partition coefficient (Wildman–Crippen LogP) is -0.00740. The molecule has 7 nitrogen and oxygen atoms in total. The summed E-state index contributed by atoms with van der Waals surface area (Å²) in [5.74, 6) is -0.182. The van der Waals surface area contributed by atoms with E-state index in [4.69, 9.17) is 10.9 Å². The number of benzene rings is 1. The zero-order chi connectivity index (χ0) is 14.9. The molecule has 2 rings (SSSR count). The fourth-order valence-electron chi connectivity index (χ4n) is 2.02. The van der Waals surface area contributed by atoms with Gasteiger partial charge in [-0.15, -0.1) is 0 Å². The SMILES string of the molecule is Nc1ccc(Br)c(C(=O)N2CCN(S(N)(=O)=O)CC2)c1. The van der Waals surface area contributed by atoms with Crippen LogP contribution >= 0.6 is 15.9 Å². The molecule has 0 bridgehead atoms. The van der Waals surface area contributed by atoms with E-state index in [1.807, 2.05) is 0 Å². The first-order chi connectivity index (χ1) is 9.29. The first-order valence-corrected chi connectivity index (χ1v) is 8.21. The number of rotatable bonds is 2. The van der Waals surface area contributed by atoms with Crippen molar-refractivity contribution in [3.63, 3.8) is 0 Å². The van der Waals surface area contributed by atoms with E-state index < -0.39 is 10.2 Å². The normalized spacial score (nSPS) is 17.2. The van der Waals surface area contributed by atoms with E-state index in [0.717, 1.165) is 4.31 Å². The summed E-state index contributed by atoms with van der Waals surface area (Å²) in [5, 5.41) is 5.06. The van der Waals surface area contributed by atoms with Gasteiger partial charge in [-0.05, 0) is 34.1 Å².